The van der Waals surface area contributed by atoms with E-state index in [1.807, 2.05) is 121 Å². The van der Waals surface area contributed by atoms with Crippen molar-refractivity contribution in [2.45, 2.75) is 19.6 Å². The molecule has 0 fully saturated rings. The van der Waals surface area contributed by atoms with Crippen molar-refractivity contribution in [2.75, 3.05) is 0 Å². The standard InChI is InChI=1S/C54H38N6S/c1-7-21-39(22-8-1)49-55-50(40-23-9-2-10-24-40)58-53(57-49)43-29-19-35-47(37-43)61(45-31-15-5-16-32-45,46-33-17-6-18-34-46)48-36-20-30-44(38-48)54-59-51(41-25-11-3-12-26-41)56-52(60-54)42-27-13-4-14-28-42/h1-38H. The van der Waals surface area contributed by atoms with Crippen molar-refractivity contribution in [3.63, 3.8) is 0 Å². The Morgan fingerprint density at radius 3 is 0.689 bits per heavy atom. The summed E-state index contributed by atoms with van der Waals surface area (Å²) >= 11 is 0. The van der Waals surface area contributed by atoms with Gasteiger partial charge in [-0.25, -0.2) is 29.9 Å². The van der Waals surface area contributed by atoms with E-state index in [-0.39, 0.29) is 0 Å². The second kappa shape index (κ2) is 16.8. The van der Waals surface area contributed by atoms with Crippen LogP contribution >= 0.6 is 10.0 Å². The Balaban J connectivity index is 1.20. The lowest BCUT2D eigenvalue weighted by atomic mass is 10.1. The number of nitrogens with zero attached hydrogens (tertiary/aromatic N) is 6. The normalized spacial score (nSPS) is 11.5. The van der Waals surface area contributed by atoms with Gasteiger partial charge in [0.1, 0.15) is 0 Å². The van der Waals surface area contributed by atoms with Crippen molar-refractivity contribution in [2.24, 2.45) is 0 Å². The number of benzene rings is 8. The molecule has 10 aromatic rings. The summed E-state index contributed by atoms with van der Waals surface area (Å²) in [6.07, 6.45) is 0. The first-order valence-corrected chi connectivity index (χ1v) is 21.7. The van der Waals surface area contributed by atoms with Crippen LogP contribution in [-0.2, 0) is 0 Å². The number of hydrogen-bond donors (Lipinski definition) is 0. The molecule has 0 saturated carbocycles. The molecule has 0 amide bonds. The van der Waals surface area contributed by atoms with Gasteiger partial charge in [-0.3, -0.25) is 0 Å². The van der Waals surface area contributed by atoms with Gasteiger partial charge < -0.3 is 0 Å². The highest BCUT2D eigenvalue weighted by Gasteiger charge is 2.34. The van der Waals surface area contributed by atoms with Gasteiger partial charge in [0, 0.05) is 53.0 Å². The Kier molecular flexibility index (Phi) is 10.3. The first-order valence-electron chi connectivity index (χ1n) is 20.1. The first-order chi connectivity index (χ1) is 30.2. The lowest BCUT2D eigenvalue weighted by Crippen LogP contribution is -2.06. The summed E-state index contributed by atoms with van der Waals surface area (Å²) in [6, 6.07) is 79.5. The van der Waals surface area contributed by atoms with Crippen LogP contribution < -0.4 is 0 Å². The van der Waals surface area contributed by atoms with E-state index in [0.29, 0.717) is 34.9 Å². The summed E-state index contributed by atoms with van der Waals surface area (Å²) in [7, 11) is -2.16. The van der Waals surface area contributed by atoms with Crippen LogP contribution in [0.1, 0.15) is 0 Å². The minimum atomic E-state index is -2.16. The van der Waals surface area contributed by atoms with Gasteiger partial charge in [0.15, 0.2) is 34.9 Å². The monoisotopic (exact) mass is 802 g/mol. The van der Waals surface area contributed by atoms with Gasteiger partial charge in [-0.05, 0) is 48.5 Å². The lowest BCUT2D eigenvalue weighted by Gasteiger charge is -2.42. The Hall–Kier alpha value is -7.87. The average molecular weight is 803 g/mol. The molecule has 10 rings (SSSR count). The predicted octanol–water partition coefficient (Wildman–Crippen LogP) is 13.4. The summed E-state index contributed by atoms with van der Waals surface area (Å²) in [4.78, 5) is 35.1. The quantitative estimate of drug-likeness (QED) is 0.137. The SMILES string of the molecule is c1ccc(-c2nc(-c3ccccc3)nc(-c3cccc(S(c4ccccc4)(c4ccccc4)c4cccc(-c5nc(-c6ccccc6)nc(-c6ccccc6)n5)c4)c3)n2)cc1. The Bertz CT molecular complexity index is 2730. The van der Waals surface area contributed by atoms with Gasteiger partial charge in [-0.15, -0.1) is 10.0 Å². The molecule has 7 heteroatoms. The fraction of sp³-hybridized carbons (Fsp3) is 0. The fourth-order valence-electron chi connectivity index (χ4n) is 7.59. The van der Waals surface area contributed by atoms with E-state index >= 15 is 0 Å². The van der Waals surface area contributed by atoms with Crippen LogP contribution in [0.4, 0.5) is 0 Å². The predicted molar refractivity (Wildman–Crippen MR) is 246 cm³/mol. The maximum Gasteiger partial charge on any atom is 0.164 e. The zero-order valence-electron chi connectivity index (χ0n) is 33.0. The molecule has 6 nitrogen and oxygen atoms in total. The topological polar surface area (TPSA) is 77.3 Å². The van der Waals surface area contributed by atoms with E-state index in [4.69, 9.17) is 29.9 Å². The zero-order chi connectivity index (χ0) is 40.9. The summed E-state index contributed by atoms with van der Waals surface area (Å²) < 4.78 is 0. The number of hydrogen-bond acceptors (Lipinski definition) is 6. The summed E-state index contributed by atoms with van der Waals surface area (Å²) in [5, 5.41) is 0. The minimum absolute atomic E-state index is 0.602. The summed E-state index contributed by atoms with van der Waals surface area (Å²) in [5.74, 6) is 3.68. The highest BCUT2D eigenvalue weighted by molar-refractivity contribution is 8.34. The molecule has 0 saturated heterocycles. The van der Waals surface area contributed by atoms with Crippen molar-refractivity contribution in [1.82, 2.24) is 29.9 Å². The zero-order valence-corrected chi connectivity index (χ0v) is 33.8. The molecular weight excluding hydrogens is 765 g/mol. The molecule has 2 aromatic heterocycles. The largest absolute Gasteiger partial charge is 0.208 e. The van der Waals surface area contributed by atoms with Crippen molar-refractivity contribution in [3.8, 4) is 68.3 Å². The van der Waals surface area contributed by atoms with Crippen molar-refractivity contribution in [3.05, 3.63) is 231 Å². The molecular formula is C54H38N6S. The van der Waals surface area contributed by atoms with Gasteiger partial charge >= 0.3 is 0 Å². The van der Waals surface area contributed by atoms with Crippen molar-refractivity contribution in [1.29, 1.82) is 0 Å². The molecule has 2 heterocycles. The van der Waals surface area contributed by atoms with Gasteiger partial charge in [0.05, 0.1) is 0 Å². The van der Waals surface area contributed by atoms with Crippen LogP contribution in [0.2, 0.25) is 0 Å². The molecule has 0 spiro atoms. The summed E-state index contributed by atoms with van der Waals surface area (Å²) in [6.45, 7) is 0. The summed E-state index contributed by atoms with van der Waals surface area (Å²) in [5.41, 5.74) is 5.49. The molecule has 0 aliphatic heterocycles. The lowest BCUT2D eigenvalue weighted by molar-refractivity contribution is 1.07. The van der Waals surface area contributed by atoms with Gasteiger partial charge in [-0.2, -0.15) is 0 Å². The van der Waals surface area contributed by atoms with Crippen LogP contribution in [0.25, 0.3) is 68.3 Å². The van der Waals surface area contributed by atoms with E-state index in [2.05, 4.69) is 109 Å². The first kappa shape index (κ1) is 37.4. The van der Waals surface area contributed by atoms with Crippen LogP contribution in [0.3, 0.4) is 0 Å². The molecule has 290 valence electrons. The smallest absolute Gasteiger partial charge is 0.164 e. The second-order valence-corrected chi connectivity index (χ2v) is 17.5. The molecule has 0 unspecified atom stereocenters. The van der Waals surface area contributed by atoms with Crippen molar-refractivity contribution < 1.29 is 0 Å². The third-order valence-corrected chi connectivity index (χ3v) is 14.4. The minimum Gasteiger partial charge on any atom is -0.208 e. The van der Waals surface area contributed by atoms with Crippen molar-refractivity contribution >= 4 is 10.0 Å². The second-order valence-electron chi connectivity index (χ2n) is 14.4. The van der Waals surface area contributed by atoms with Crippen LogP contribution in [0, 0.1) is 0 Å². The van der Waals surface area contributed by atoms with Crippen LogP contribution in [0.15, 0.2) is 250 Å². The molecule has 61 heavy (non-hydrogen) atoms. The average Bonchev–Trinajstić information content (AvgIpc) is 3.36. The highest BCUT2D eigenvalue weighted by atomic mass is 32.3. The number of rotatable bonds is 10. The third kappa shape index (κ3) is 7.50. The molecule has 8 aromatic carbocycles. The Morgan fingerprint density at radius 1 is 0.197 bits per heavy atom. The molecule has 0 aliphatic carbocycles. The maximum atomic E-state index is 5.13. The van der Waals surface area contributed by atoms with E-state index in [1.54, 1.807) is 0 Å². The fourth-order valence-corrected chi connectivity index (χ4v) is 11.5. The van der Waals surface area contributed by atoms with E-state index in [9.17, 15) is 0 Å². The van der Waals surface area contributed by atoms with E-state index in [0.717, 1.165) is 43.2 Å². The molecule has 0 N–H and O–H groups in total. The Labute approximate surface area is 356 Å². The van der Waals surface area contributed by atoms with Gasteiger partial charge in [0.2, 0.25) is 0 Å². The molecule has 0 aliphatic rings. The van der Waals surface area contributed by atoms with Gasteiger partial charge in [-0.1, -0.05) is 182 Å². The highest BCUT2D eigenvalue weighted by Crippen LogP contribution is 2.73. The Morgan fingerprint density at radius 2 is 0.410 bits per heavy atom. The van der Waals surface area contributed by atoms with E-state index < -0.39 is 10.0 Å². The van der Waals surface area contributed by atoms with Crippen LogP contribution in [0.5, 0.6) is 0 Å². The van der Waals surface area contributed by atoms with E-state index in [1.165, 1.54) is 9.79 Å². The molecule has 0 atom stereocenters. The third-order valence-electron chi connectivity index (χ3n) is 10.5. The maximum absolute atomic E-state index is 5.13. The van der Waals surface area contributed by atoms with Crippen LogP contribution in [-0.4, -0.2) is 29.9 Å². The molecule has 0 radical (unpaired) electrons. The number of aromatic nitrogens is 6. The molecule has 0 bridgehead atoms. The van der Waals surface area contributed by atoms with Gasteiger partial charge in [0.25, 0.3) is 0 Å².